The monoisotopic (exact) mass is 1100 g/mol. The summed E-state index contributed by atoms with van der Waals surface area (Å²) in [7, 11) is 3.05. The molecule has 1 aliphatic carbocycles. The number of anilines is 6. The molecular weight excluding hydrogens is 1040 g/mol. The lowest BCUT2D eigenvalue weighted by Gasteiger charge is -2.36. The normalized spacial score (nSPS) is 14.0. The van der Waals surface area contributed by atoms with Gasteiger partial charge in [-0.3, -0.25) is 4.98 Å². The fourth-order valence-corrected chi connectivity index (χ4v) is 13.6. The Bertz CT molecular complexity index is 4630. The molecule has 14 rings (SSSR count). The first-order chi connectivity index (χ1) is 40.7. The standard InChI is InChI=1S/C79H66N3OP/c1-51-45-62(37-40-65(51)53-19-11-8-12-20-53)82(61-35-31-57(32-36-61)78(5,6)7)71-49-70-74(76-75(71)68-25-17-18-26-72(68)83-76)67-42-39-63(47-69(67)79(70,58-23-15-10-16-24-58)59-28-27-52-43-44-80-50-55(52)46-59)81(60-33-29-56(30-34-60)77(2,3)4)64-38-41-66(73(84)48-64)54-21-13-9-14-22-54/h8-50H,84H2,1-7H3. The van der Waals surface area contributed by atoms with Gasteiger partial charge in [-0.05, 0) is 180 Å². The maximum absolute atomic E-state index is 7.48. The third-order valence-corrected chi connectivity index (χ3v) is 17.9. The van der Waals surface area contributed by atoms with Crippen LogP contribution in [0.3, 0.4) is 0 Å². The zero-order valence-corrected chi connectivity index (χ0v) is 49.8. The third-order valence-electron chi connectivity index (χ3n) is 17.4. The highest BCUT2D eigenvalue weighted by Gasteiger charge is 2.49. The first kappa shape index (κ1) is 52.7. The number of para-hydroxylation sites is 1. The van der Waals surface area contributed by atoms with Gasteiger partial charge in [-0.2, -0.15) is 0 Å². The molecule has 1 aliphatic rings. The molecule has 408 valence electrons. The van der Waals surface area contributed by atoms with E-state index in [0.717, 1.165) is 106 Å². The van der Waals surface area contributed by atoms with Gasteiger partial charge in [-0.1, -0.05) is 205 Å². The zero-order valence-electron chi connectivity index (χ0n) is 48.7. The summed E-state index contributed by atoms with van der Waals surface area (Å²) in [5, 5.41) is 5.44. The summed E-state index contributed by atoms with van der Waals surface area (Å²) >= 11 is 0. The van der Waals surface area contributed by atoms with Gasteiger partial charge in [0.15, 0.2) is 0 Å². The Morgan fingerprint density at radius 2 is 0.988 bits per heavy atom. The van der Waals surface area contributed by atoms with Crippen LogP contribution in [-0.2, 0) is 16.2 Å². The molecule has 2 unspecified atom stereocenters. The van der Waals surface area contributed by atoms with E-state index in [0.29, 0.717) is 0 Å². The fourth-order valence-electron chi connectivity index (χ4n) is 13.2. The van der Waals surface area contributed by atoms with Crippen LogP contribution >= 0.6 is 9.24 Å². The molecule has 84 heavy (non-hydrogen) atoms. The van der Waals surface area contributed by atoms with E-state index in [-0.39, 0.29) is 10.8 Å². The Kier molecular flexibility index (Phi) is 12.9. The van der Waals surface area contributed by atoms with Gasteiger partial charge in [-0.15, -0.1) is 9.24 Å². The van der Waals surface area contributed by atoms with Crippen molar-refractivity contribution < 1.29 is 4.42 Å². The summed E-state index contributed by atoms with van der Waals surface area (Å²) in [4.78, 5) is 9.63. The predicted octanol–water partition coefficient (Wildman–Crippen LogP) is 21.2. The van der Waals surface area contributed by atoms with Crippen molar-refractivity contribution in [3.63, 3.8) is 0 Å². The highest BCUT2D eigenvalue weighted by Crippen LogP contribution is 2.62. The van der Waals surface area contributed by atoms with Crippen molar-refractivity contribution >= 4 is 81.4 Å². The molecule has 0 saturated carbocycles. The molecule has 0 amide bonds. The number of hydrogen-bond donors (Lipinski definition) is 0. The van der Waals surface area contributed by atoms with Crippen molar-refractivity contribution in [2.24, 2.45) is 0 Å². The Labute approximate surface area is 495 Å². The zero-order chi connectivity index (χ0) is 57.5. The van der Waals surface area contributed by atoms with Gasteiger partial charge in [0, 0.05) is 57.2 Å². The number of aromatic nitrogens is 1. The van der Waals surface area contributed by atoms with Gasteiger partial charge in [0.05, 0.1) is 16.5 Å². The van der Waals surface area contributed by atoms with Crippen molar-refractivity contribution in [1.82, 2.24) is 4.98 Å². The van der Waals surface area contributed by atoms with E-state index in [1.54, 1.807) is 0 Å². The molecule has 0 N–H and O–H groups in total. The third kappa shape index (κ3) is 8.91. The van der Waals surface area contributed by atoms with E-state index in [4.69, 9.17) is 9.40 Å². The molecule has 5 heteroatoms. The molecule has 2 atom stereocenters. The maximum atomic E-state index is 7.48. The first-order valence-corrected chi connectivity index (χ1v) is 29.8. The van der Waals surface area contributed by atoms with Gasteiger partial charge in [0.2, 0.25) is 0 Å². The van der Waals surface area contributed by atoms with Crippen LogP contribution in [0.1, 0.15) is 80.5 Å². The van der Waals surface area contributed by atoms with Crippen LogP contribution in [0.2, 0.25) is 0 Å². The summed E-state index contributed by atoms with van der Waals surface area (Å²) in [6.07, 6.45) is 3.89. The molecule has 0 aliphatic heterocycles. The van der Waals surface area contributed by atoms with E-state index < -0.39 is 5.41 Å². The van der Waals surface area contributed by atoms with Gasteiger partial charge < -0.3 is 14.2 Å². The number of aryl methyl sites for hydroxylation is 1. The molecule has 11 aromatic carbocycles. The number of rotatable bonds is 10. The number of nitrogens with zero attached hydrogens (tertiary/aromatic N) is 3. The number of hydrogen-bond acceptors (Lipinski definition) is 4. The second-order valence-electron chi connectivity index (χ2n) is 24.7. The van der Waals surface area contributed by atoms with E-state index in [1.165, 1.54) is 38.9 Å². The highest BCUT2D eigenvalue weighted by molar-refractivity contribution is 7.28. The molecule has 0 saturated heterocycles. The quantitative estimate of drug-likeness (QED) is 0.128. The molecule has 2 aromatic heterocycles. The summed E-state index contributed by atoms with van der Waals surface area (Å²) in [5.41, 5.74) is 22.4. The Balaban J connectivity index is 1.09. The fraction of sp³-hybridized carbons (Fsp3) is 0.127. The van der Waals surface area contributed by atoms with Crippen molar-refractivity contribution in [3.8, 4) is 33.4 Å². The van der Waals surface area contributed by atoms with Crippen molar-refractivity contribution in [2.45, 2.75) is 64.7 Å². The van der Waals surface area contributed by atoms with Gasteiger partial charge in [0.1, 0.15) is 11.2 Å². The van der Waals surface area contributed by atoms with Crippen molar-refractivity contribution in [3.05, 3.63) is 300 Å². The average Bonchev–Trinajstić information content (AvgIpc) is 1.56. The van der Waals surface area contributed by atoms with Crippen LogP contribution in [0.4, 0.5) is 34.1 Å². The van der Waals surface area contributed by atoms with Gasteiger partial charge in [-0.25, -0.2) is 0 Å². The van der Waals surface area contributed by atoms with Crippen LogP contribution in [0, 0.1) is 6.92 Å². The van der Waals surface area contributed by atoms with E-state index >= 15 is 0 Å². The van der Waals surface area contributed by atoms with E-state index in [2.05, 4.69) is 316 Å². The van der Waals surface area contributed by atoms with Crippen LogP contribution in [0.15, 0.2) is 266 Å². The smallest absolute Gasteiger partial charge is 0.145 e. The van der Waals surface area contributed by atoms with Gasteiger partial charge >= 0.3 is 0 Å². The maximum Gasteiger partial charge on any atom is 0.145 e. The number of furan rings is 1. The van der Waals surface area contributed by atoms with E-state index in [1.807, 2.05) is 12.4 Å². The lowest BCUT2D eigenvalue weighted by Crippen LogP contribution is -2.29. The second-order valence-corrected chi connectivity index (χ2v) is 25.3. The summed E-state index contributed by atoms with van der Waals surface area (Å²) in [6.45, 7) is 15.9. The van der Waals surface area contributed by atoms with Gasteiger partial charge in [0.25, 0.3) is 0 Å². The van der Waals surface area contributed by atoms with Crippen molar-refractivity contribution in [2.75, 3.05) is 9.80 Å². The molecule has 0 spiro atoms. The molecule has 0 radical (unpaired) electrons. The van der Waals surface area contributed by atoms with E-state index in [9.17, 15) is 0 Å². The number of pyridine rings is 1. The average molecular weight is 1100 g/mol. The van der Waals surface area contributed by atoms with Crippen LogP contribution in [0.25, 0.3) is 66.1 Å². The minimum atomic E-state index is -0.882. The Morgan fingerprint density at radius 1 is 0.440 bits per heavy atom. The summed E-state index contributed by atoms with van der Waals surface area (Å²) in [5.74, 6) is 0. The minimum Gasteiger partial charge on any atom is -0.455 e. The Hall–Kier alpha value is -9.34. The largest absolute Gasteiger partial charge is 0.455 e. The number of fused-ring (bicyclic) bond motifs is 8. The molecule has 0 bridgehead atoms. The lowest BCUT2D eigenvalue weighted by atomic mass is 9.67. The van der Waals surface area contributed by atoms with Crippen LogP contribution in [-0.4, -0.2) is 4.98 Å². The predicted molar refractivity (Wildman–Crippen MR) is 358 cm³/mol. The molecule has 0 fully saturated rings. The Morgan fingerprint density at radius 3 is 1.62 bits per heavy atom. The SMILES string of the molecule is Cc1cc(N(c2ccc(C(C)(C)C)cc2)c2cc3c(c4oc5ccccc5c24)-c2ccc(N(c4ccc(C(C)(C)C)cc4)c4ccc(-c5ccccc5)c(P)c4)cc2C3(c2ccccc2)c2ccc3ccncc3c2)ccc1-c1ccccc1. The lowest BCUT2D eigenvalue weighted by molar-refractivity contribution is 0.590. The molecule has 13 aromatic rings. The minimum absolute atomic E-state index is 0.0192. The van der Waals surface area contributed by atoms with Crippen LogP contribution < -0.4 is 15.1 Å². The molecular formula is C79H66N3OP. The molecule has 2 heterocycles. The first-order valence-electron chi connectivity index (χ1n) is 29.2. The summed E-state index contributed by atoms with van der Waals surface area (Å²) < 4.78 is 7.48. The summed E-state index contributed by atoms with van der Waals surface area (Å²) in [6, 6.07) is 92.1. The topological polar surface area (TPSA) is 32.5 Å². The molecule has 4 nitrogen and oxygen atoms in total. The number of benzene rings is 11. The highest BCUT2D eigenvalue weighted by atomic mass is 31.0. The van der Waals surface area contributed by atoms with Crippen molar-refractivity contribution in [1.29, 1.82) is 0 Å². The van der Waals surface area contributed by atoms with Crippen LogP contribution in [0.5, 0.6) is 0 Å². The second kappa shape index (κ2) is 20.5.